The summed E-state index contributed by atoms with van der Waals surface area (Å²) in [6, 6.07) is 2.23. The first-order chi connectivity index (χ1) is 9.37. The minimum absolute atomic E-state index is 0.144. The molecular weight excluding hydrogens is 248 g/mol. The van der Waals surface area contributed by atoms with Crippen LogP contribution in [0.2, 0.25) is 0 Å². The normalized spacial score (nSPS) is 16.1. The molecular formula is C17H30N2O. The fraction of sp³-hybridized carbons (Fsp3) is 0.765. The van der Waals surface area contributed by atoms with Crippen LogP contribution in [0.15, 0.2) is 10.5 Å². The van der Waals surface area contributed by atoms with Gasteiger partial charge in [-0.05, 0) is 59.1 Å². The van der Waals surface area contributed by atoms with Crippen LogP contribution in [0.1, 0.15) is 57.6 Å². The van der Waals surface area contributed by atoms with Gasteiger partial charge in [0.05, 0.1) is 6.54 Å². The molecule has 3 heteroatoms. The second-order valence-corrected chi connectivity index (χ2v) is 7.17. The van der Waals surface area contributed by atoms with Crippen LogP contribution in [0.5, 0.6) is 0 Å². The van der Waals surface area contributed by atoms with Crippen LogP contribution in [0.25, 0.3) is 0 Å². The molecule has 0 aromatic carbocycles. The van der Waals surface area contributed by atoms with Crippen LogP contribution in [0.4, 0.5) is 0 Å². The maximum atomic E-state index is 5.93. The number of rotatable bonds is 7. The van der Waals surface area contributed by atoms with Crippen LogP contribution in [-0.4, -0.2) is 23.5 Å². The third-order valence-electron chi connectivity index (χ3n) is 3.92. The molecule has 0 amide bonds. The highest BCUT2D eigenvalue weighted by Gasteiger charge is 2.24. The monoisotopic (exact) mass is 278 g/mol. The summed E-state index contributed by atoms with van der Waals surface area (Å²) in [5.74, 6) is 3.10. The molecule has 0 unspecified atom stereocenters. The first-order valence-corrected chi connectivity index (χ1v) is 7.93. The van der Waals surface area contributed by atoms with Gasteiger partial charge in [-0.1, -0.05) is 6.92 Å². The molecule has 0 radical (unpaired) electrons. The minimum Gasteiger partial charge on any atom is -0.465 e. The number of hydrogen-bond donors (Lipinski definition) is 1. The largest absolute Gasteiger partial charge is 0.465 e. The molecule has 1 saturated carbocycles. The summed E-state index contributed by atoms with van der Waals surface area (Å²) < 4.78 is 5.93. The van der Waals surface area contributed by atoms with E-state index >= 15 is 0 Å². The van der Waals surface area contributed by atoms with Crippen LogP contribution >= 0.6 is 0 Å². The third-order valence-corrected chi connectivity index (χ3v) is 3.92. The highest BCUT2D eigenvalue weighted by molar-refractivity contribution is 5.21. The Balaban J connectivity index is 1.91. The Morgan fingerprint density at radius 1 is 1.35 bits per heavy atom. The summed E-state index contributed by atoms with van der Waals surface area (Å²) in [5, 5.41) is 3.53. The summed E-state index contributed by atoms with van der Waals surface area (Å²) in [7, 11) is 0. The van der Waals surface area contributed by atoms with Gasteiger partial charge in [0.25, 0.3) is 0 Å². The smallest absolute Gasteiger partial charge is 0.118 e. The lowest BCUT2D eigenvalue weighted by atomic mass is 10.1. The van der Waals surface area contributed by atoms with Crippen LogP contribution in [-0.2, 0) is 13.1 Å². The van der Waals surface area contributed by atoms with Crippen LogP contribution in [0, 0.1) is 12.8 Å². The second kappa shape index (κ2) is 6.31. The average Bonchev–Trinajstić information content (AvgIpc) is 3.09. The van der Waals surface area contributed by atoms with E-state index in [9.17, 15) is 0 Å². The number of hydrogen-bond acceptors (Lipinski definition) is 3. The van der Waals surface area contributed by atoms with E-state index in [0.29, 0.717) is 0 Å². The zero-order valence-electron chi connectivity index (χ0n) is 13.8. The summed E-state index contributed by atoms with van der Waals surface area (Å²) in [6.07, 6.45) is 2.82. The van der Waals surface area contributed by atoms with Crippen molar-refractivity contribution in [2.45, 2.75) is 66.1 Å². The highest BCUT2D eigenvalue weighted by Crippen LogP contribution is 2.30. The van der Waals surface area contributed by atoms with Crippen molar-refractivity contribution in [3.8, 4) is 0 Å². The van der Waals surface area contributed by atoms with E-state index in [0.717, 1.165) is 37.1 Å². The summed E-state index contributed by atoms with van der Waals surface area (Å²) in [6.45, 7) is 15.0. The van der Waals surface area contributed by atoms with E-state index in [-0.39, 0.29) is 5.54 Å². The molecule has 0 spiro atoms. The average molecular weight is 278 g/mol. The molecule has 1 aliphatic carbocycles. The third kappa shape index (κ3) is 4.95. The van der Waals surface area contributed by atoms with Gasteiger partial charge >= 0.3 is 0 Å². The molecule has 1 aromatic rings. The van der Waals surface area contributed by atoms with Gasteiger partial charge in [-0.3, -0.25) is 4.90 Å². The molecule has 1 aliphatic rings. The van der Waals surface area contributed by atoms with Crippen molar-refractivity contribution in [1.82, 2.24) is 10.2 Å². The fourth-order valence-corrected chi connectivity index (χ4v) is 2.39. The topological polar surface area (TPSA) is 28.4 Å². The van der Waals surface area contributed by atoms with E-state index in [1.54, 1.807) is 0 Å². The lowest BCUT2D eigenvalue weighted by Crippen LogP contribution is -2.35. The number of nitrogens with zero attached hydrogens (tertiary/aromatic N) is 1. The standard InChI is InChI=1S/C17H30N2O/c1-6-19(11-14-7-8-14)12-16-9-15(13(2)20-16)10-18-17(3,4)5/h9,14,18H,6-8,10-12H2,1-5H3. The quantitative estimate of drug-likeness (QED) is 0.824. The van der Waals surface area contributed by atoms with Crippen LogP contribution in [0.3, 0.4) is 0 Å². The molecule has 1 fully saturated rings. The number of aryl methyl sites for hydroxylation is 1. The molecule has 114 valence electrons. The Morgan fingerprint density at radius 2 is 2.05 bits per heavy atom. The lowest BCUT2D eigenvalue weighted by molar-refractivity contribution is 0.244. The molecule has 1 heterocycles. The van der Waals surface area contributed by atoms with Gasteiger partial charge in [0, 0.05) is 24.2 Å². The fourth-order valence-electron chi connectivity index (χ4n) is 2.39. The Kier molecular flexibility index (Phi) is 4.92. The van der Waals surface area contributed by atoms with Gasteiger partial charge in [0.15, 0.2) is 0 Å². The van der Waals surface area contributed by atoms with Gasteiger partial charge < -0.3 is 9.73 Å². The Bertz CT molecular complexity index is 427. The lowest BCUT2D eigenvalue weighted by Gasteiger charge is -2.20. The highest BCUT2D eigenvalue weighted by atomic mass is 16.3. The van der Waals surface area contributed by atoms with E-state index in [4.69, 9.17) is 4.42 Å². The molecule has 3 nitrogen and oxygen atoms in total. The SMILES string of the molecule is CCN(Cc1cc(CNC(C)(C)C)c(C)o1)CC1CC1. The Hall–Kier alpha value is -0.800. The second-order valence-electron chi connectivity index (χ2n) is 7.17. The van der Waals surface area contributed by atoms with Crippen molar-refractivity contribution in [3.63, 3.8) is 0 Å². The summed E-state index contributed by atoms with van der Waals surface area (Å²) in [4.78, 5) is 2.50. The molecule has 0 saturated heterocycles. The predicted molar refractivity (Wildman–Crippen MR) is 83.7 cm³/mol. The van der Waals surface area contributed by atoms with Crippen molar-refractivity contribution in [2.75, 3.05) is 13.1 Å². The number of furan rings is 1. The van der Waals surface area contributed by atoms with Crippen molar-refractivity contribution in [2.24, 2.45) is 5.92 Å². The van der Waals surface area contributed by atoms with Crippen molar-refractivity contribution < 1.29 is 4.42 Å². The van der Waals surface area contributed by atoms with Gasteiger partial charge in [0.1, 0.15) is 11.5 Å². The maximum Gasteiger partial charge on any atom is 0.118 e. The van der Waals surface area contributed by atoms with Gasteiger partial charge in [-0.15, -0.1) is 0 Å². The summed E-state index contributed by atoms with van der Waals surface area (Å²) >= 11 is 0. The van der Waals surface area contributed by atoms with Crippen molar-refractivity contribution in [1.29, 1.82) is 0 Å². The Morgan fingerprint density at radius 3 is 2.60 bits per heavy atom. The first kappa shape index (κ1) is 15.6. The molecule has 1 aromatic heterocycles. The molecule has 2 rings (SSSR count). The zero-order chi connectivity index (χ0) is 14.8. The molecule has 20 heavy (non-hydrogen) atoms. The molecule has 0 bridgehead atoms. The van der Waals surface area contributed by atoms with Crippen molar-refractivity contribution >= 4 is 0 Å². The van der Waals surface area contributed by atoms with E-state index in [2.05, 4.69) is 50.9 Å². The van der Waals surface area contributed by atoms with E-state index in [1.807, 2.05) is 0 Å². The van der Waals surface area contributed by atoms with Gasteiger partial charge in [-0.25, -0.2) is 0 Å². The number of nitrogens with one attached hydrogen (secondary N) is 1. The zero-order valence-corrected chi connectivity index (χ0v) is 13.8. The molecule has 0 aliphatic heterocycles. The first-order valence-electron chi connectivity index (χ1n) is 7.93. The minimum atomic E-state index is 0.144. The summed E-state index contributed by atoms with van der Waals surface area (Å²) in [5.41, 5.74) is 1.43. The van der Waals surface area contributed by atoms with Crippen LogP contribution < -0.4 is 5.32 Å². The molecule has 0 atom stereocenters. The molecule has 1 N–H and O–H groups in total. The predicted octanol–water partition coefficient (Wildman–Crippen LogP) is 3.71. The maximum absolute atomic E-state index is 5.93. The van der Waals surface area contributed by atoms with E-state index in [1.165, 1.54) is 24.9 Å². The van der Waals surface area contributed by atoms with E-state index < -0.39 is 0 Å². The van der Waals surface area contributed by atoms with Gasteiger partial charge in [-0.2, -0.15) is 0 Å². The Labute approximate surface area is 123 Å². The van der Waals surface area contributed by atoms with Crippen molar-refractivity contribution in [3.05, 3.63) is 23.2 Å². The van der Waals surface area contributed by atoms with Gasteiger partial charge in [0.2, 0.25) is 0 Å².